The first kappa shape index (κ1) is 24.6. The summed E-state index contributed by atoms with van der Waals surface area (Å²) in [6, 6.07) is 41.2. The van der Waals surface area contributed by atoms with Crippen molar-refractivity contribution in [3.05, 3.63) is 144 Å². The number of aromatic nitrogens is 1. The summed E-state index contributed by atoms with van der Waals surface area (Å²) in [5.41, 5.74) is 5.19. The van der Waals surface area contributed by atoms with Gasteiger partial charge in [-0.1, -0.05) is 0 Å². The summed E-state index contributed by atoms with van der Waals surface area (Å²) in [5.74, 6) is -0.235. The van der Waals surface area contributed by atoms with Crippen LogP contribution in [0.2, 0.25) is 0 Å². The number of rotatable bonds is 6. The van der Waals surface area contributed by atoms with Crippen LogP contribution in [0, 0.1) is 19.7 Å². The molecule has 0 aliphatic carbocycles. The topological polar surface area (TPSA) is 12.9 Å². The monoisotopic (exact) mass is 555 g/mol. The van der Waals surface area contributed by atoms with E-state index >= 15 is 0 Å². The average Bonchev–Trinajstić information content (AvgIpc) is 2.92. The molecule has 1 aromatic heterocycles. The molecule has 5 aromatic rings. The fourth-order valence-corrected chi connectivity index (χ4v) is 12.9. The molecule has 4 heteroatoms. The number of nitrogens with zero attached hydrogens (tertiary/aromatic N) is 1. The Bertz CT molecular complexity index is 1390. The predicted octanol–water partition coefficient (Wildman–Crippen LogP) is 7.84. The third kappa shape index (κ3) is 4.21. The summed E-state index contributed by atoms with van der Waals surface area (Å²) >= 11 is 4.57. The fraction of sp³-hybridized carbons (Fsp3) is 0.0938. The van der Waals surface area contributed by atoms with Crippen LogP contribution in [0.15, 0.2) is 121 Å². The fourth-order valence-electron chi connectivity index (χ4n) is 5.18. The molecule has 4 aromatic carbocycles. The van der Waals surface area contributed by atoms with E-state index in [1.807, 2.05) is 19.1 Å². The van der Waals surface area contributed by atoms with Gasteiger partial charge in [-0.05, 0) is 0 Å². The minimum absolute atomic E-state index is 0.235. The molecule has 0 aliphatic heterocycles. The number of hydrogen-bond acceptors (Lipinski definition) is 1. The Morgan fingerprint density at radius 1 is 0.667 bits per heavy atom. The molecular weight excluding hydrogens is 528 g/mol. The van der Waals surface area contributed by atoms with Crippen molar-refractivity contribution in [2.45, 2.75) is 20.0 Å². The van der Waals surface area contributed by atoms with Crippen LogP contribution in [0.3, 0.4) is 0 Å². The molecule has 0 saturated carbocycles. The first-order valence-electron chi connectivity index (χ1n) is 12.0. The van der Waals surface area contributed by atoms with Crippen molar-refractivity contribution in [2.24, 2.45) is 0 Å². The van der Waals surface area contributed by atoms with Gasteiger partial charge in [0.15, 0.2) is 0 Å². The molecule has 0 radical (unpaired) electrons. The third-order valence-corrected chi connectivity index (χ3v) is 16.4. The van der Waals surface area contributed by atoms with Crippen LogP contribution in [-0.2, 0) is 6.16 Å². The van der Waals surface area contributed by atoms with Crippen LogP contribution in [0.5, 0.6) is 0 Å². The molecule has 5 rings (SSSR count). The van der Waals surface area contributed by atoms with Gasteiger partial charge in [-0.15, -0.1) is 0 Å². The van der Waals surface area contributed by atoms with Gasteiger partial charge in [-0.25, -0.2) is 0 Å². The van der Waals surface area contributed by atoms with E-state index in [0.29, 0.717) is 0 Å². The van der Waals surface area contributed by atoms with Crippen molar-refractivity contribution in [2.75, 3.05) is 0 Å². The van der Waals surface area contributed by atoms with Crippen LogP contribution in [0.4, 0.5) is 4.39 Å². The van der Waals surface area contributed by atoms with E-state index in [4.69, 9.17) is 4.98 Å². The van der Waals surface area contributed by atoms with E-state index in [2.05, 4.69) is 119 Å². The van der Waals surface area contributed by atoms with E-state index in [0.717, 1.165) is 28.7 Å². The molecule has 0 spiro atoms. The van der Waals surface area contributed by atoms with E-state index in [-0.39, 0.29) is 5.82 Å². The standard InChI is InChI=1S/C32H28BrFNP/c1-24-22-31(26-18-20-27(34)21-19-26)32(25(2)35-24)23-36(33,28-12-6-3-7-13-28,29-14-8-4-9-15-29)30-16-10-5-11-17-30/h3-22H,23H2,1-2H3. The van der Waals surface area contributed by atoms with Crippen LogP contribution < -0.4 is 15.9 Å². The molecule has 0 saturated heterocycles. The van der Waals surface area contributed by atoms with Crippen LogP contribution in [-0.4, -0.2) is 4.98 Å². The number of hydrogen-bond donors (Lipinski definition) is 0. The number of pyridine rings is 1. The van der Waals surface area contributed by atoms with Crippen molar-refractivity contribution in [1.82, 2.24) is 4.98 Å². The van der Waals surface area contributed by atoms with Crippen molar-refractivity contribution < 1.29 is 4.39 Å². The Hall–Kier alpha value is -3.13. The Kier molecular flexibility index (Phi) is 6.64. The van der Waals surface area contributed by atoms with Crippen LogP contribution in [0.1, 0.15) is 17.0 Å². The van der Waals surface area contributed by atoms with Gasteiger partial charge in [-0.3, -0.25) is 0 Å². The molecule has 0 atom stereocenters. The van der Waals surface area contributed by atoms with E-state index in [9.17, 15) is 4.39 Å². The number of benzene rings is 4. The zero-order valence-corrected chi connectivity index (χ0v) is 22.9. The molecular formula is C32H28BrFNP. The van der Waals surface area contributed by atoms with Crippen molar-refractivity contribution >= 4 is 36.7 Å². The summed E-state index contributed by atoms with van der Waals surface area (Å²) in [6.45, 7) is 4.10. The Morgan fingerprint density at radius 3 is 1.56 bits per heavy atom. The Morgan fingerprint density at radius 2 is 1.11 bits per heavy atom. The molecule has 1 nitrogen and oxygen atoms in total. The van der Waals surface area contributed by atoms with Gasteiger partial charge < -0.3 is 0 Å². The second-order valence-corrected chi connectivity index (χ2v) is 18.2. The minimum atomic E-state index is -3.22. The SMILES string of the molecule is Cc1cc(-c2ccc(F)cc2)c(CP(Br)(c2ccccc2)(c2ccccc2)c2ccccc2)c(C)n1. The summed E-state index contributed by atoms with van der Waals surface area (Å²) in [6.07, 6.45) is 0.732. The molecule has 180 valence electrons. The van der Waals surface area contributed by atoms with Gasteiger partial charge in [0.05, 0.1) is 0 Å². The molecule has 0 aliphatic rings. The summed E-state index contributed by atoms with van der Waals surface area (Å²) in [4.78, 5) is 4.90. The maximum absolute atomic E-state index is 13.8. The summed E-state index contributed by atoms with van der Waals surface area (Å²) < 4.78 is 13.8. The molecule has 0 unspecified atom stereocenters. The maximum atomic E-state index is 13.8. The van der Waals surface area contributed by atoms with E-state index < -0.39 is 5.31 Å². The Balaban J connectivity index is 1.88. The van der Waals surface area contributed by atoms with E-state index in [1.54, 1.807) is 0 Å². The second-order valence-electron chi connectivity index (χ2n) is 9.23. The zero-order chi connectivity index (χ0) is 25.2. The zero-order valence-electron chi connectivity index (χ0n) is 20.4. The van der Waals surface area contributed by atoms with Gasteiger partial charge >= 0.3 is 221 Å². The first-order chi connectivity index (χ1) is 17.4. The molecule has 0 fully saturated rings. The normalized spacial score (nSPS) is 12.6. The second kappa shape index (κ2) is 9.73. The van der Waals surface area contributed by atoms with E-state index in [1.165, 1.54) is 33.6 Å². The van der Waals surface area contributed by atoms with Gasteiger partial charge in [0.25, 0.3) is 0 Å². The van der Waals surface area contributed by atoms with Gasteiger partial charge in [0.2, 0.25) is 0 Å². The van der Waals surface area contributed by atoms with Crippen molar-refractivity contribution in [3.8, 4) is 11.1 Å². The van der Waals surface area contributed by atoms with Gasteiger partial charge in [-0.2, -0.15) is 0 Å². The molecule has 36 heavy (non-hydrogen) atoms. The van der Waals surface area contributed by atoms with Gasteiger partial charge in [0, 0.05) is 0 Å². The molecule has 0 N–H and O–H groups in total. The molecule has 0 bridgehead atoms. The number of halogens is 2. The van der Waals surface area contributed by atoms with Crippen LogP contribution >= 0.6 is 20.8 Å². The van der Waals surface area contributed by atoms with Crippen molar-refractivity contribution in [3.63, 3.8) is 0 Å². The average molecular weight is 556 g/mol. The predicted molar refractivity (Wildman–Crippen MR) is 157 cm³/mol. The van der Waals surface area contributed by atoms with Gasteiger partial charge in [0.1, 0.15) is 0 Å². The summed E-state index contributed by atoms with van der Waals surface area (Å²) in [5, 5.41) is 0.551. The third-order valence-electron chi connectivity index (χ3n) is 6.95. The number of aryl methyl sites for hydroxylation is 2. The quantitative estimate of drug-likeness (QED) is 0.194. The molecule has 1 heterocycles. The van der Waals surface area contributed by atoms with Crippen LogP contribution in [0.25, 0.3) is 11.1 Å². The Labute approximate surface area is 220 Å². The molecule has 0 amide bonds. The first-order valence-corrected chi connectivity index (χ1v) is 16.5. The van der Waals surface area contributed by atoms with Crippen molar-refractivity contribution in [1.29, 1.82) is 0 Å². The summed E-state index contributed by atoms with van der Waals surface area (Å²) in [7, 11) is 0.